The van der Waals surface area contributed by atoms with E-state index in [2.05, 4.69) is 5.32 Å². The van der Waals surface area contributed by atoms with Crippen LogP contribution in [0.3, 0.4) is 0 Å². The molecule has 0 heterocycles. The minimum Gasteiger partial charge on any atom is -0.382 e. The number of rotatable bonds is 73. The highest BCUT2D eigenvalue weighted by molar-refractivity contribution is 5.78. The summed E-state index contributed by atoms with van der Waals surface area (Å²) in [5.74, 6) is 0.185. The lowest BCUT2D eigenvalue weighted by Crippen LogP contribution is -2.28. The standard InChI is InChI=1S/C55H107NO24/c1-3-12-61-15-8-53(57)6-4-13-62-21-24-67-29-32-71-37-40-75-45-47-77-42-39-73-34-31-69-26-23-65-17-10-55(59)56-11-18-64-16-9-54(58)7-5-14-63-22-25-68-30-33-72-38-41-76-46-48-79-51-52-80-50-49-78-44-43-74-36-35-70-28-27-66-20-19-60-2/h3-52H2,1-2H3,(H,56,59). The van der Waals surface area contributed by atoms with Crippen LogP contribution >= 0.6 is 0 Å². The molecule has 1 N–H and O–H groups in total. The Bertz CT molecular complexity index is 1230. The van der Waals surface area contributed by atoms with Gasteiger partial charge in [-0.3, -0.25) is 14.4 Å². The summed E-state index contributed by atoms with van der Waals surface area (Å²) in [7, 11) is 1.64. The molecule has 0 aromatic rings. The summed E-state index contributed by atoms with van der Waals surface area (Å²) in [6, 6.07) is 0. The lowest BCUT2D eigenvalue weighted by Gasteiger charge is -2.09. The molecule has 0 saturated carbocycles. The summed E-state index contributed by atoms with van der Waals surface area (Å²) in [6.45, 7) is 21.8. The summed E-state index contributed by atoms with van der Waals surface area (Å²) in [5, 5.41) is 2.78. The zero-order valence-corrected chi connectivity index (χ0v) is 49.2. The fourth-order valence-electron chi connectivity index (χ4n) is 6.09. The zero-order valence-electron chi connectivity index (χ0n) is 49.2. The fourth-order valence-corrected chi connectivity index (χ4v) is 6.09. The first-order valence-electron chi connectivity index (χ1n) is 28.9. The largest absolute Gasteiger partial charge is 0.382 e. The maximum absolute atomic E-state index is 12.1. The first-order valence-corrected chi connectivity index (χ1v) is 28.9. The van der Waals surface area contributed by atoms with E-state index in [0.29, 0.717) is 309 Å². The molecule has 0 saturated heterocycles. The first kappa shape index (κ1) is 78.0. The Balaban J connectivity index is 3.22. The van der Waals surface area contributed by atoms with Crippen molar-refractivity contribution in [2.75, 3.05) is 285 Å². The fraction of sp³-hybridized carbons (Fsp3) is 0.945. The van der Waals surface area contributed by atoms with Crippen LogP contribution in [0.5, 0.6) is 0 Å². The molecule has 0 rings (SSSR count). The van der Waals surface area contributed by atoms with Gasteiger partial charge in [0, 0.05) is 65.6 Å². The minimum absolute atomic E-state index is 0.108. The number of ketones is 2. The van der Waals surface area contributed by atoms with Gasteiger partial charge in [0.25, 0.3) is 0 Å². The van der Waals surface area contributed by atoms with Crippen LogP contribution in [0.2, 0.25) is 0 Å². The molecular formula is C55H107NO24. The Hall–Kier alpha value is -2.03. The van der Waals surface area contributed by atoms with Crippen molar-refractivity contribution in [2.45, 2.75) is 58.3 Å². The summed E-state index contributed by atoms with van der Waals surface area (Å²) < 4.78 is 114. The van der Waals surface area contributed by atoms with Gasteiger partial charge in [-0.05, 0) is 19.3 Å². The van der Waals surface area contributed by atoms with Crippen molar-refractivity contribution >= 4 is 17.5 Å². The highest BCUT2D eigenvalue weighted by atomic mass is 16.6. The number of hydrogen-bond acceptors (Lipinski definition) is 24. The van der Waals surface area contributed by atoms with Crippen molar-refractivity contribution in [3.05, 3.63) is 0 Å². The molecule has 25 nitrogen and oxygen atoms in total. The summed E-state index contributed by atoms with van der Waals surface area (Å²) >= 11 is 0. The van der Waals surface area contributed by atoms with Crippen LogP contribution in [-0.2, 0) is 114 Å². The molecule has 0 aromatic heterocycles. The van der Waals surface area contributed by atoms with Crippen LogP contribution in [0.25, 0.3) is 0 Å². The van der Waals surface area contributed by atoms with Crippen molar-refractivity contribution in [2.24, 2.45) is 0 Å². The molecule has 476 valence electrons. The van der Waals surface area contributed by atoms with E-state index in [1.807, 2.05) is 6.92 Å². The predicted molar refractivity (Wildman–Crippen MR) is 294 cm³/mol. The molecule has 25 heteroatoms. The molecule has 1 amide bonds. The Labute approximate surface area is 478 Å². The Morgan fingerprint density at radius 2 is 0.450 bits per heavy atom. The highest BCUT2D eigenvalue weighted by Gasteiger charge is 2.06. The second-order valence-corrected chi connectivity index (χ2v) is 17.1. The van der Waals surface area contributed by atoms with E-state index in [1.165, 1.54) is 0 Å². The molecule has 0 fully saturated rings. The molecule has 0 spiro atoms. The molecule has 0 aliphatic rings. The average molecular weight is 1170 g/mol. The van der Waals surface area contributed by atoms with E-state index in [9.17, 15) is 14.4 Å². The minimum atomic E-state index is -0.134. The monoisotopic (exact) mass is 1170 g/mol. The molecule has 80 heavy (non-hydrogen) atoms. The van der Waals surface area contributed by atoms with E-state index in [1.54, 1.807) is 7.11 Å². The van der Waals surface area contributed by atoms with Crippen LogP contribution in [0.15, 0.2) is 0 Å². The molecule has 0 aliphatic heterocycles. The molecular weight excluding hydrogens is 1060 g/mol. The third-order valence-corrected chi connectivity index (χ3v) is 10.3. The quantitative estimate of drug-likeness (QED) is 0.0858. The molecule has 0 bridgehead atoms. The number of methoxy groups -OCH3 is 1. The number of carbonyl (C=O) groups is 3. The summed E-state index contributed by atoms with van der Waals surface area (Å²) in [6.07, 6.45) is 4.27. The SMILES string of the molecule is CCCOCCC(=O)CCCOCCOCCOCCOCCOCCOCCOCCOCCC(=O)NCCOCCC(=O)CCCOCCOCCOCCOCCOCCOCCOCCOCCOCCOCCOC. The third-order valence-electron chi connectivity index (χ3n) is 10.3. The van der Waals surface area contributed by atoms with Crippen LogP contribution in [0.4, 0.5) is 0 Å². The Morgan fingerprint density at radius 1 is 0.237 bits per heavy atom. The van der Waals surface area contributed by atoms with Gasteiger partial charge in [0.15, 0.2) is 0 Å². The van der Waals surface area contributed by atoms with E-state index in [0.717, 1.165) is 6.42 Å². The van der Waals surface area contributed by atoms with Crippen LogP contribution in [0, 0.1) is 0 Å². The second-order valence-electron chi connectivity index (χ2n) is 17.1. The van der Waals surface area contributed by atoms with Gasteiger partial charge in [-0.15, -0.1) is 0 Å². The predicted octanol–water partition coefficient (Wildman–Crippen LogP) is 2.36. The van der Waals surface area contributed by atoms with Crippen LogP contribution in [-0.4, -0.2) is 302 Å². The van der Waals surface area contributed by atoms with Crippen LogP contribution < -0.4 is 5.32 Å². The molecule has 0 atom stereocenters. The van der Waals surface area contributed by atoms with Gasteiger partial charge in [0.05, 0.1) is 251 Å². The second kappa shape index (κ2) is 71.2. The molecule has 0 radical (unpaired) electrons. The van der Waals surface area contributed by atoms with Crippen molar-refractivity contribution in [3.8, 4) is 0 Å². The van der Waals surface area contributed by atoms with Gasteiger partial charge in [-0.2, -0.15) is 0 Å². The number of nitrogens with one attached hydrogen (secondary N) is 1. The van der Waals surface area contributed by atoms with Crippen molar-refractivity contribution < 1.29 is 114 Å². The lowest BCUT2D eigenvalue weighted by molar-refractivity contribution is -0.123. The molecule has 0 aromatic carbocycles. The number of amides is 1. The van der Waals surface area contributed by atoms with E-state index < -0.39 is 0 Å². The normalized spacial score (nSPS) is 11.6. The Morgan fingerprint density at radius 3 is 0.713 bits per heavy atom. The third kappa shape index (κ3) is 70.2. The lowest BCUT2D eigenvalue weighted by atomic mass is 10.2. The number of Topliss-reactive ketones (excluding diaryl/α,β-unsaturated/α-hetero) is 2. The van der Waals surface area contributed by atoms with Gasteiger partial charge < -0.3 is 105 Å². The van der Waals surface area contributed by atoms with Gasteiger partial charge in [0.1, 0.15) is 11.6 Å². The van der Waals surface area contributed by atoms with Gasteiger partial charge in [-0.25, -0.2) is 0 Å². The number of hydrogen-bond donors (Lipinski definition) is 1. The van der Waals surface area contributed by atoms with E-state index in [4.69, 9.17) is 99.5 Å². The maximum Gasteiger partial charge on any atom is 0.222 e. The van der Waals surface area contributed by atoms with E-state index >= 15 is 0 Å². The van der Waals surface area contributed by atoms with Gasteiger partial charge >= 0.3 is 0 Å². The smallest absolute Gasteiger partial charge is 0.222 e. The van der Waals surface area contributed by atoms with E-state index in [-0.39, 0.29) is 30.5 Å². The first-order chi connectivity index (χ1) is 39.6. The summed E-state index contributed by atoms with van der Waals surface area (Å²) in [4.78, 5) is 35.9. The zero-order chi connectivity index (χ0) is 57.6. The topological polar surface area (TPSA) is 257 Å². The van der Waals surface area contributed by atoms with Gasteiger partial charge in [-0.1, -0.05) is 6.92 Å². The molecule has 0 aliphatic carbocycles. The highest BCUT2D eigenvalue weighted by Crippen LogP contribution is 1.99. The van der Waals surface area contributed by atoms with Crippen molar-refractivity contribution in [1.29, 1.82) is 0 Å². The number of ether oxygens (including phenoxy) is 21. The average Bonchev–Trinajstić information content (AvgIpc) is 3.46. The summed E-state index contributed by atoms with van der Waals surface area (Å²) in [5.41, 5.74) is 0. The number of carbonyl (C=O) groups excluding carboxylic acids is 3. The Kier molecular flexibility index (Phi) is 69.4. The van der Waals surface area contributed by atoms with Crippen molar-refractivity contribution in [3.63, 3.8) is 0 Å². The molecule has 0 unspecified atom stereocenters. The van der Waals surface area contributed by atoms with Crippen LogP contribution in [0.1, 0.15) is 58.3 Å². The van der Waals surface area contributed by atoms with Crippen molar-refractivity contribution in [1.82, 2.24) is 5.32 Å². The van der Waals surface area contributed by atoms with Gasteiger partial charge in [0.2, 0.25) is 5.91 Å². The maximum atomic E-state index is 12.1.